The number of imidazole rings is 1. The topological polar surface area (TPSA) is 50.9 Å². The van der Waals surface area contributed by atoms with Crippen LogP contribution in [0.1, 0.15) is 111 Å². The molecule has 0 unspecified atom stereocenters. The molecule has 0 bridgehead atoms. The van der Waals surface area contributed by atoms with E-state index in [0.29, 0.717) is 11.4 Å². The van der Waals surface area contributed by atoms with Crippen molar-refractivity contribution in [3.63, 3.8) is 0 Å². The number of aromatic hydroxyl groups is 1. The number of rotatable bonds is 7. The van der Waals surface area contributed by atoms with E-state index >= 15 is 0 Å². The molecule has 70 heavy (non-hydrogen) atoms. The summed E-state index contributed by atoms with van der Waals surface area (Å²) in [5.74, 6) is 0.939. The van der Waals surface area contributed by atoms with Gasteiger partial charge in [-0.25, -0.2) is 4.98 Å². The van der Waals surface area contributed by atoms with Crippen LogP contribution in [0.3, 0.4) is 0 Å². The van der Waals surface area contributed by atoms with Gasteiger partial charge in [0.05, 0.1) is 22.3 Å². The second kappa shape index (κ2) is 18.8. The van der Waals surface area contributed by atoms with Crippen molar-refractivity contribution in [2.24, 2.45) is 0 Å². The van der Waals surface area contributed by atoms with Gasteiger partial charge in [0.2, 0.25) is 0 Å². The SMILES string of the molecule is Cc1cc(-c2c(-c3ccccc3)cccc2C(C)(C)C)ccc1-n1c(-c2cc(C(C)(C)C)cc(C(C)(C)C)c2O)nc2c(-c3[c-]c(-c4cc(-c5ccccc5)ccn4)cc(C(C)(C)C)c3)cccc21.[Pt]. The smallest absolute Gasteiger partial charge is 0.148 e. The van der Waals surface area contributed by atoms with Crippen LogP contribution in [0, 0.1) is 13.0 Å². The minimum absolute atomic E-state index is 0. The maximum absolute atomic E-state index is 12.6. The van der Waals surface area contributed by atoms with Gasteiger partial charge in [0.25, 0.3) is 0 Å². The summed E-state index contributed by atoms with van der Waals surface area (Å²) < 4.78 is 2.28. The van der Waals surface area contributed by atoms with Gasteiger partial charge in [0.1, 0.15) is 11.6 Å². The monoisotopic (exact) mass is 1100 g/mol. The summed E-state index contributed by atoms with van der Waals surface area (Å²) in [6.45, 7) is 29.1. The van der Waals surface area contributed by atoms with E-state index in [1.165, 1.54) is 27.8 Å². The summed E-state index contributed by atoms with van der Waals surface area (Å²) in [5.41, 5.74) is 19.0. The summed E-state index contributed by atoms with van der Waals surface area (Å²) in [6.07, 6.45) is 1.89. The molecular weight excluding hydrogens is 1030 g/mol. The van der Waals surface area contributed by atoms with Crippen molar-refractivity contribution in [2.75, 3.05) is 0 Å². The van der Waals surface area contributed by atoms with Gasteiger partial charge < -0.3 is 5.11 Å². The van der Waals surface area contributed by atoms with Gasteiger partial charge in [0, 0.05) is 38.5 Å². The molecule has 2 heterocycles. The molecule has 0 atom stereocenters. The summed E-state index contributed by atoms with van der Waals surface area (Å²) in [7, 11) is 0. The molecule has 9 aromatic rings. The molecule has 0 aliphatic rings. The molecule has 0 aliphatic heterocycles. The first-order valence-corrected chi connectivity index (χ1v) is 24.4. The minimum atomic E-state index is -0.332. The van der Waals surface area contributed by atoms with Gasteiger partial charge in [-0.05, 0) is 109 Å². The van der Waals surface area contributed by atoms with E-state index in [2.05, 4.69) is 246 Å². The standard InChI is InChI=1S/C65H66N3O.Pt/c1-41-34-45(58-50(43-24-18-15-19-25-43)26-20-28-53(58)64(8,9)10)30-31-56(41)68-57-29-21-27-51(59(57)67-61(68)52-39-49(63(5,6)7)40-54(60(52)69)65(11,12)13)46-35-47(37-48(36-46)62(2,3)4)55-38-44(32-33-66-55)42-22-16-14-17-23-42;/h14-34,36-40,69H,1-13H3;/q-1;. The number of hydrogen-bond acceptors (Lipinski definition) is 3. The number of nitrogens with zero attached hydrogens (tertiary/aromatic N) is 3. The summed E-state index contributed by atoms with van der Waals surface area (Å²) in [6, 6.07) is 58.1. The van der Waals surface area contributed by atoms with Gasteiger partial charge in [-0.1, -0.05) is 203 Å². The molecule has 2 aromatic heterocycles. The summed E-state index contributed by atoms with van der Waals surface area (Å²) >= 11 is 0. The average Bonchev–Trinajstić information content (AvgIpc) is 3.69. The number of hydrogen-bond donors (Lipinski definition) is 1. The van der Waals surface area contributed by atoms with Gasteiger partial charge in [-0.3, -0.25) is 9.55 Å². The van der Waals surface area contributed by atoms with Crippen molar-refractivity contribution < 1.29 is 26.2 Å². The Bertz CT molecular complexity index is 3370. The number of pyridine rings is 1. The molecule has 9 rings (SSSR count). The van der Waals surface area contributed by atoms with Crippen LogP contribution in [-0.4, -0.2) is 19.6 Å². The fraction of sp³-hybridized carbons (Fsp3) is 0.262. The first-order valence-electron chi connectivity index (χ1n) is 24.4. The minimum Gasteiger partial charge on any atom is -0.507 e. The number of para-hydroxylation sites is 1. The van der Waals surface area contributed by atoms with E-state index in [-0.39, 0.29) is 48.5 Å². The Morgan fingerprint density at radius 1 is 0.486 bits per heavy atom. The van der Waals surface area contributed by atoms with Crippen LogP contribution in [-0.2, 0) is 42.7 Å². The molecular formula is C65H66N3OPt-. The van der Waals surface area contributed by atoms with Crippen molar-refractivity contribution in [1.82, 2.24) is 14.5 Å². The molecule has 4 nitrogen and oxygen atoms in total. The number of benzene rings is 7. The number of aryl methyl sites for hydroxylation is 1. The summed E-state index contributed by atoms with van der Waals surface area (Å²) in [4.78, 5) is 10.6. The quantitative estimate of drug-likeness (QED) is 0.162. The van der Waals surface area contributed by atoms with Gasteiger partial charge in [-0.15, -0.1) is 29.3 Å². The molecule has 0 radical (unpaired) electrons. The molecule has 0 saturated carbocycles. The van der Waals surface area contributed by atoms with Crippen LogP contribution in [0.25, 0.3) is 83.9 Å². The number of phenolic OH excluding ortho intramolecular Hbond substituents is 1. The third kappa shape index (κ3) is 9.73. The number of fused-ring (bicyclic) bond motifs is 1. The maximum atomic E-state index is 12.6. The largest absolute Gasteiger partial charge is 0.507 e. The van der Waals surface area contributed by atoms with Crippen molar-refractivity contribution in [3.8, 4) is 78.6 Å². The first-order chi connectivity index (χ1) is 32.6. The fourth-order valence-corrected chi connectivity index (χ4v) is 9.63. The van der Waals surface area contributed by atoms with E-state index in [1.54, 1.807) is 0 Å². The van der Waals surface area contributed by atoms with E-state index in [1.807, 2.05) is 12.3 Å². The predicted molar refractivity (Wildman–Crippen MR) is 292 cm³/mol. The molecule has 0 aliphatic carbocycles. The molecule has 7 aromatic carbocycles. The van der Waals surface area contributed by atoms with Gasteiger partial charge in [0.15, 0.2) is 0 Å². The van der Waals surface area contributed by atoms with E-state index in [4.69, 9.17) is 9.97 Å². The van der Waals surface area contributed by atoms with E-state index < -0.39 is 0 Å². The van der Waals surface area contributed by atoms with Crippen molar-refractivity contribution in [3.05, 3.63) is 192 Å². The molecule has 5 heteroatoms. The molecule has 0 saturated heterocycles. The Kier molecular flexibility index (Phi) is 13.4. The second-order valence-electron chi connectivity index (χ2n) is 23.0. The van der Waals surface area contributed by atoms with Crippen LogP contribution < -0.4 is 0 Å². The van der Waals surface area contributed by atoms with Crippen molar-refractivity contribution >= 4 is 11.0 Å². The van der Waals surface area contributed by atoms with Crippen molar-refractivity contribution in [1.29, 1.82) is 0 Å². The van der Waals surface area contributed by atoms with E-state index in [9.17, 15) is 5.11 Å². The molecule has 358 valence electrons. The molecule has 1 N–H and O–H groups in total. The van der Waals surface area contributed by atoms with Crippen molar-refractivity contribution in [2.45, 2.75) is 112 Å². The summed E-state index contributed by atoms with van der Waals surface area (Å²) in [5, 5.41) is 12.6. The maximum Gasteiger partial charge on any atom is 0.148 e. The Morgan fingerprint density at radius 3 is 1.71 bits per heavy atom. The van der Waals surface area contributed by atoms with Gasteiger partial charge >= 0.3 is 0 Å². The van der Waals surface area contributed by atoms with Gasteiger partial charge in [-0.2, -0.15) is 0 Å². The Labute approximate surface area is 431 Å². The second-order valence-corrected chi connectivity index (χ2v) is 23.0. The number of aromatic nitrogens is 3. The predicted octanol–water partition coefficient (Wildman–Crippen LogP) is 17.4. The third-order valence-corrected chi connectivity index (χ3v) is 13.6. The Balaban J connectivity index is 0.00000659. The molecule has 0 amide bonds. The first kappa shape index (κ1) is 50.0. The molecule has 0 spiro atoms. The number of phenols is 1. The zero-order valence-corrected chi connectivity index (χ0v) is 45.4. The van der Waals surface area contributed by atoms with Crippen LogP contribution in [0.2, 0.25) is 0 Å². The average molecular weight is 1100 g/mol. The zero-order chi connectivity index (χ0) is 49.2. The molecule has 0 fully saturated rings. The zero-order valence-electron chi connectivity index (χ0n) is 43.1. The van der Waals surface area contributed by atoms with Crippen LogP contribution in [0.4, 0.5) is 0 Å². The third-order valence-electron chi connectivity index (χ3n) is 13.6. The van der Waals surface area contributed by atoms with Crippen LogP contribution in [0.5, 0.6) is 5.75 Å². The Morgan fingerprint density at radius 2 is 1.09 bits per heavy atom. The van der Waals surface area contributed by atoms with Crippen LogP contribution in [0.15, 0.2) is 158 Å². The normalized spacial score (nSPS) is 12.3. The Hall–Kier alpha value is -6.35. The fourth-order valence-electron chi connectivity index (χ4n) is 9.63. The van der Waals surface area contributed by atoms with Crippen LogP contribution >= 0.6 is 0 Å². The van der Waals surface area contributed by atoms with E-state index in [0.717, 1.165) is 72.5 Å².